The molecule has 21 heavy (non-hydrogen) atoms. The zero-order valence-electron chi connectivity index (χ0n) is 10.5. The van der Waals surface area contributed by atoms with Gasteiger partial charge in [-0.1, -0.05) is 6.07 Å². The first-order chi connectivity index (χ1) is 9.86. The number of rotatable bonds is 6. The van der Waals surface area contributed by atoms with Crippen LogP contribution in [0.15, 0.2) is 41.8 Å². The molecule has 0 aliphatic carbocycles. The minimum absolute atomic E-state index is 0.0283. The molecule has 1 atom stereocenters. The minimum Gasteiger partial charge on any atom is -0.435 e. The van der Waals surface area contributed by atoms with Gasteiger partial charge in [0.2, 0.25) is 0 Å². The molecule has 1 aromatic heterocycles. The predicted octanol–water partition coefficient (Wildman–Crippen LogP) is 3.64. The molecule has 1 aromatic carbocycles. The average Bonchev–Trinajstić information content (AvgIpc) is 2.89. The lowest BCUT2D eigenvalue weighted by Crippen LogP contribution is -2.10. The highest BCUT2D eigenvalue weighted by Gasteiger charge is 2.31. The molecular formula is C12H12F2NO4PS. The van der Waals surface area contributed by atoms with Gasteiger partial charge in [0.15, 0.2) is 5.78 Å². The summed E-state index contributed by atoms with van der Waals surface area (Å²) in [6.07, 6.45) is 0. The topological polar surface area (TPSA) is 78.8 Å². The molecule has 0 saturated heterocycles. The molecule has 0 bridgehead atoms. The molecule has 0 aliphatic rings. The number of hydrogen-bond acceptors (Lipinski definition) is 4. The summed E-state index contributed by atoms with van der Waals surface area (Å²) < 4.78 is 39.8. The van der Waals surface area contributed by atoms with E-state index < -0.39 is 20.0 Å². The molecule has 2 aromatic rings. The minimum atomic E-state index is -4.42. The summed E-state index contributed by atoms with van der Waals surface area (Å²) in [5.41, 5.74) is 0.387. The van der Waals surface area contributed by atoms with E-state index in [1.165, 1.54) is 35.6 Å². The molecular weight excluding hydrogens is 323 g/mol. The first-order valence-corrected chi connectivity index (χ1v) is 8.32. The molecule has 0 amide bonds. The summed E-state index contributed by atoms with van der Waals surface area (Å²) in [7, 11) is -4.42. The van der Waals surface area contributed by atoms with Gasteiger partial charge in [0.25, 0.3) is 0 Å². The Kier molecular flexibility index (Phi) is 4.95. The molecule has 5 nitrogen and oxygen atoms in total. The van der Waals surface area contributed by atoms with Crippen LogP contribution in [0.1, 0.15) is 10.7 Å². The Morgan fingerprint density at radius 2 is 1.86 bits per heavy atom. The van der Waals surface area contributed by atoms with Gasteiger partial charge >= 0.3 is 14.2 Å². The maximum absolute atomic E-state index is 12.0. The van der Waals surface area contributed by atoms with Crippen LogP contribution in [0, 0.1) is 0 Å². The quantitative estimate of drug-likeness (QED) is 0.703. The largest absolute Gasteiger partial charge is 0.435 e. The Hall–Kier alpha value is -1.47. The number of halogens is 2. The molecule has 1 heterocycles. The van der Waals surface area contributed by atoms with E-state index >= 15 is 0 Å². The van der Waals surface area contributed by atoms with E-state index in [2.05, 4.69) is 10.1 Å². The van der Waals surface area contributed by atoms with Crippen molar-refractivity contribution < 1.29 is 27.9 Å². The van der Waals surface area contributed by atoms with Crippen LogP contribution in [0.3, 0.4) is 0 Å². The molecule has 3 N–H and O–H groups in total. The van der Waals surface area contributed by atoms with E-state index in [4.69, 9.17) is 0 Å². The lowest BCUT2D eigenvalue weighted by molar-refractivity contribution is -0.0498. The third-order valence-corrected chi connectivity index (χ3v) is 4.72. The fraction of sp³-hybridized carbons (Fsp3) is 0.167. The van der Waals surface area contributed by atoms with Gasteiger partial charge in [-0.25, -0.2) is 0 Å². The molecule has 0 saturated carbocycles. The summed E-state index contributed by atoms with van der Waals surface area (Å²) >= 11 is 1.21. The van der Waals surface area contributed by atoms with Crippen LogP contribution < -0.4 is 10.1 Å². The van der Waals surface area contributed by atoms with Crippen molar-refractivity contribution in [3.05, 3.63) is 46.7 Å². The first kappa shape index (κ1) is 15.9. The summed E-state index contributed by atoms with van der Waals surface area (Å²) in [5.74, 6) is -1.21. The van der Waals surface area contributed by atoms with Gasteiger partial charge in [-0.3, -0.25) is 4.57 Å². The Morgan fingerprint density at radius 1 is 1.19 bits per heavy atom. The maximum Gasteiger partial charge on any atom is 0.387 e. The summed E-state index contributed by atoms with van der Waals surface area (Å²) in [6, 6.07) is 8.70. The third-order valence-electron chi connectivity index (χ3n) is 2.53. The zero-order chi connectivity index (χ0) is 15.5. The van der Waals surface area contributed by atoms with E-state index in [-0.39, 0.29) is 5.75 Å². The van der Waals surface area contributed by atoms with Crippen LogP contribution in [-0.4, -0.2) is 16.4 Å². The highest BCUT2D eigenvalue weighted by atomic mass is 32.1. The van der Waals surface area contributed by atoms with Crippen molar-refractivity contribution in [3.8, 4) is 5.75 Å². The maximum atomic E-state index is 12.0. The number of benzene rings is 1. The van der Waals surface area contributed by atoms with Crippen molar-refractivity contribution in [1.82, 2.24) is 0 Å². The van der Waals surface area contributed by atoms with Gasteiger partial charge < -0.3 is 19.8 Å². The summed E-state index contributed by atoms with van der Waals surface area (Å²) in [6.45, 7) is -2.92. The van der Waals surface area contributed by atoms with Crippen molar-refractivity contribution in [1.29, 1.82) is 0 Å². The van der Waals surface area contributed by atoms with Crippen molar-refractivity contribution in [2.45, 2.75) is 12.4 Å². The molecule has 114 valence electrons. The van der Waals surface area contributed by atoms with Crippen LogP contribution in [0.4, 0.5) is 14.5 Å². The monoisotopic (exact) mass is 335 g/mol. The standard InChI is InChI=1S/C12H12F2NO4PS/c13-12(14)19-9-5-3-8(4-6-9)15-11(20(16,17)18)10-2-1-7-21-10/h1-7,11-12,15H,(H2,16,17,18)/t11-/m0/s1. The zero-order valence-corrected chi connectivity index (χ0v) is 12.2. The second-order valence-electron chi connectivity index (χ2n) is 4.05. The van der Waals surface area contributed by atoms with Crippen molar-refractivity contribution in [2.24, 2.45) is 0 Å². The molecule has 0 radical (unpaired) electrons. The van der Waals surface area contributed by atoms with E-state index in [0.717, 1.165) is 0 Å². The smallest absolute Gasteiger partial charge is 0.387 e. The Bertz CT molecular complexity index is 615. The number of nitrogens with one attached hydrogen (secondary N) is 1. The Balaban J connectivity index is 2.16. The highest BCUT2D eigenvalue weighted by molar-refractivity contribution is 7.52. The van der Waals surface area contributed by atoms with Gasteiger partial charge in [0.05, 0.1) is 0 Å². The van der Waals surface area contributed by atoms with Crippen LogP contribution in [0.25, 0.3) is 0 Å². The van der Waals surface area contributed by atoms with E-state index in [1.54, 1.807) is 17.5 Å². The Morgan fingerprint density at radius 3 is 2.33 bits per heavy atom. The van der Waals surface area contributed by atoms with E-state index in [1.807, 2.05) is 0 Å². The molecule has 0 aliphatic heterocycles. The summed E-state index contributed by atoms with van der Waals surface area (Å²) in [5, 5.41) is 4.41. The normalized spacial score (nSPS) is 13.2. The third kappa shape index (κ3) is 4.50. The van der Waals surface area contributed by atoms with Crippen molar-refractivity contribution in [3.63, 3.8) is 0 Å². The van der Waals surface area contributed by atoms with Gasteiger partial charge in [-0.2, -0.15) is 8.78 Å². The van der Waals surface area contributed by atoms with E-state index in [0.29, 0.717) is 10.6 Å². The predicted molar refractivity (Wildman–Crippen MR) is 75.8 cm³/mol. The van der Waals surface area contributed by atoms with Crippen LogP contribution in [0.2, 0.25) is 0 Å². The average molecular weight is 335 g/mol. The van der Waals surface area contributed by atoms with Gasteiger partial charge in [0.1, 0.15) is 5.75 Å². The fourth-order valence-electron chi connectivity index (χ4n) is 1.66. The first-order valence-electron chi connectivity index (χ1n) is 5.76. The number of anilines is 1. The van der Waals surface area contributed by atoms with Gasteiger partial charge in [-0.15, -0.1) is 11.3 Å². The SMILES string of the molecule is O=P(O)(O)[C@H](Nc1ccc(OC(F)F)cc1)c1cccs1. The molecule has 0 spiro atoms. The van der Waals surface area contributed by atoms with Gasteiger partial charge in [-0.05, 0) is 35.7 Å². The van der Waals surface area contributed by atoms with Gasteiger partial charge in [0, 0.05) is 10.6 Å². The number of hydrogen-bond donors (Lipinski definition) is 3. The number of alkyl halides is 2. The number of ether oxygens (including phenoxy) is 1. The van der Waals surface area contributed by atoms with Crippen molar-refractivity contribution >= 4 is 24.6 Å². The molecule has 0 fully saturated rings. The number of thiophene rings is 1. The van der Waals surface area contributed by atoms with E-state index in [9.17, 15) is 23.1 Å². The molecule has 9 heteroatoms. The second-order valence-corrected chi connectivity index (χ2v) is 6.73. The summed E-state index contributed by atoms with van der Waals surface area (Å²) in [4.78, 5) is 19.3. The lowest BCUT2D eigenvalue weighted by atomic mass is 10.3. The Labute approximate surface area is 123 Å². The lowest BCUT2D eigenvalue weighted by Gasteiger charge is -2.20. The van der Waals surface area contributed by atoms with Crippen LogP contribution in [0.5, 0.6) is 5.75 Å². The van der Waals surface area contributed by atoms with Crippen molar-refractivity contribution in [2.75, 3.05) is 5.32 Å². The molecule has 0 unspecified atom stereocenters. The highest BCUT2D eigenvalue weighted by Crippen LogP contribution is 2.52. The second kappa shape index (κ2) is 6.53. The van der Waals surface area contributed by atoms with Crippen LogP contribution >= 0.6 is 18.9 Å². The fourth-order valence-corrected chi connectivity index (χ4v) is 3.65. The van der Waals surface area contributed by atoms with Crippen LogP contribution in [-0.2, 0) is 4.57 Å². The molecule has 2 rings (SSSR count).